The Kier molecular flexibility index (Phi) is 3.11. The number of rotatable bonds is 1. The third kappa shape index (κ3) is 2.09. The number of fused-ring (bicyclic) bond motifs is 2. The molecule has 0 spiro atoms. The first-order chi connectivity index (χ1) is 9.70. The van der Waals surface area contributed by atoms with E-state index in [2.05, 4.69) is 11.0 Å². The summed E-state index contributed by atoms with van der Waals surface area (Å²) in [6.45, 7) is 1.89. The fraction of sp³-hybridized carbons (Fsp3) is 0.688. The summed E-state index contributed by atoms with van der Waals surface area (Å²) in [7, 11) is 0. The maximum absolute atomic E-state index is 12.7. The predicted molar refractivity (Wildman–Crippen MR) is 81.1 cm³/mol. The molecule has 3 nitrogen and oxygen atoms in total. The zero-order valence-electron chi connectivity index (χ0n) is 11.8. The fourth-order valence-electron chi connectivity index (χ4n) is 4.22. The third-order valence-corrected chi connectivity index (χ3v) is 6.56. The van der Waals surface area contributed by atoms with E-state index in [-0.39, 0.29) is 5.91 Å². The molecule has 2 heterocycles. The van der Waals surface area contributed by atoms with Crippen molar-refractivity contribution in [2.24, 2.45) is 17.6 Å². The highest BCUT2D eigenvalue weighted by molar-refractivity contribution is 7.14. The molecule has 2 fully saturated rings. The molecule has 4 heteroatoms. The van der Waals surface area contributed by atoms with Crippen LogP contribution in [0.5, 0.6) is 0 Å². The van der Waals surface area contributed by atoms with Crippen LogP contribution in [0.1, 0.15) is 45.8 Å². The number of hydrogen-bond donors (Lipinski definition) is 1. The van der Waals surface area contributed by atoms with Gasteiger partial charge in [0.05, 0.1) is 4.88 Å². The molecule has 1 unspecified atom stereocenters. The lowest BCUT2D eigenvalue weighted by molar-refractivity contribution is 0.0788. The van der Waals surface area contributed by atoms with Crippen molar-refractivity contribution in [3.63, 3.8) is 0 Å². The molecule has 1 saturated heterocycles. The molecule has 20 heavy (non-hydrogen) atoms. The van der Waals surface area contributed by atoms with E-state index in [1.54, 1.807) is 11.3 Å². The van der Waals surface area contributed by atoms with Gasteiger partial charge in [-0.1, -0.05) is 0 Å². The first-order valence-corrected chi connectivity index (χ1v) is 8.69. The minimum absolute atomic E-state index is 0.271. The fourth-order valence-corrected chi connectivity index (χ4v) is 5.45. The van der Waals surface area contributed by atoms with Crippen LogP contribution in [0.3, 0.4) is 0 Å². The van der Waals surface area contributed by atoms with Crippen LogP contribution in [-0.2, 0) is 12.8 Å². The number of hydrogen-bond acceptors (Lipinski definition) is 3. The van der Waals surface area contributed by atoms with E-state index < -0.39 is 0 Å². The standard InChI is InChI=1S/C16H22N2OS/c17-13-5-4-11-8-18(9-12(11)6-13)16(19)15-7-10-2-1-3-14(10)20-15/h7,11-13H,1-6,8-9,17H2/t11-,12+,13?/m1/s1. The Hall–Kier alpha value is -0.870. The van der Waals surface area contributed by atoms with Gasteiger partial charge in [-0.05, 0) is 62.0 Å². The molecule has 1 saturated carbocycles. The summed E-state index contributed by atoms with van der Waals surface area (Å²) in [5.41, 5.74) is 7.50. The van der Waals surface area contributed by atoms with Crippen LogP contribution in [-0.4, -0.2) is 29.9 Å². The molecular weight excluding hydrogens is 268 g/mol. The van der Waals surface area contributed by atoms with Gasteiger partial charge in [-0.3, -0.25) is 4.79 Å². The van der Waals surface area contributed by atoms with Gasteiger partial charge in [0.1, 0.15) is 0 Å². The molecule has 3 atom stereocenters. The predicted octanol–water partition coefficient (Wildman–Crippen LogP) is 2.44. The van der Waals surface area contributed by atoms with Gasteiger partial charge in [-0.25, -0.2) is 0 Å². The normalized spacial score (nSPS) is 32.2. The summed E-state index contributed by atoms with van der Waals surface area (Å²) >= 11 is 1.73. The van der Waals surface area contributed by atoms with E-state index in [9.17, 15) is 4.79 Å². The quantitative estimate of drug-likeness (QED) is 0.863. The molecule has 1 aliphatic heterocycles. The Labute approximate surface area is 124 Å². The Bertz CT molecular complexity index is 517. The maximum Gasteiger partial charge on any atom is 0.263 e. The molecule has 0 radical (unpaired) electrons. The number of nitrogens with two attached hydrogens (primary N) is 1. The van der Waals surface area contributed by atoms with E-state index in [0.29, 0.717) is 17.9 Å². The topological polar surface area (TPSA) is 46.3 Å². The van der Waals surface area contributed by atoms with Gasteiger partial charge >= 0.3 is 0 Å². The minimum Gasteiger partial charge on any atom is -0.337 e. The van der Waals surface area contributed by atoms with Crippen LogP contribution in [0, 0.1) is 11.8 Å². The van der Waals surface area contributed by atoms with E-state index in [0.717, 1.165) is 30.8 Å². The number of carbonyl (C=O) groups is 1. The zero-order valence-corrected chi connectivity index (χ0v) is 12.6. The van der Waals surface area contributed by atoms with Crippen molar-refractivity contribution >= 4 is 17.2 Å². The number of carbonyl (C=O) groups excluding carboxylic acids is 1. The van der Waals surface area contributed by atoms with Crippen molar-refractivity contribution in [1.29, 1.82) is 0 Å². The summed E-state index contributed by atoms with van der Waals surface area (Å²) in [4.78, 5) is 17.2. The molecule has 2 N–H and O–H groups in total. The van der Waals surface area contributed by atoms with Gasteiger partial charge in [0.25, 0.3) is 5.91 Å². The number of likely N-dealkylation sites (tertiary alicyclic amines) is 1. The summed E-state index contributed by atoms with van der Waals surface area (Å²) in [6.07, 6.45) is 7.05. The van der Waals surface area contributed by atoms with Gasteiger partial charge in [-0.2, -0.15) is 0 Å². The summed E-state index contributed by atoms with van der Waals surface area (Å²) < 4.78 is 0. The van der Waals surface area contributed by atoms with Crippen LogP contribution in [0.2, 0.25) is 0 Å². The van der Waals surface area contributed by atoms with Crippen LogP contribution in [0.25, 0.3) is 0 Å². The lowest BCUT2D eigenvalue weighted by Gasteiger charge is -2.27. The summed E-state index contributed by atoms with van der Waals surface area (Å²) in [5.74, 6) is 1.62. The number of nitrogens with zero attached hydrogens (tertiary/aromatic N) is 1. The lowest BCUT2D eigenvalue weighted by Crippen LogP contribution is -2.32. The minimum atomic E-state index is 0.271. The zero-order chi connectivity index (χ0) is 13.7. The molecule has 1 aromatic heterocycles. The highest BCUT2D eigenvalue weighted by Gasteiger charge is 2.39. The second-order valence-electron chi connectivity index (χ2n) is 6.72. The average molecular weight is 290 g/mol. The molecule has 0 aromatic carbocycles. The van der Waals surface area contributed by atoms with Gasteiger partial charge in [-0.15, -0.1) is 11.3 Å². The molecular formula is C16H22N2OS. The molecule has 1 aromatic rings. The molecule has 4 rings (SSSR count). The van der Waals surface area contributed by atoms with Crippen molar-refractivity contribution < 1.29 is 4.79 Å². The smallest absolute Gasteiger partial charge is 0.263 e. The first-order valence-electron chi connectivity index (χ1n) is 7.87. The lowest BCUT2D eigenvalue weighted by atomic mass is 9.79. The van der Waals surface area contributed by atoms with Crippen LogP contribution in [0.15, 0.2) is 6.07 Å². The highest BCUT2D eigenvalue weighted by Crippen LogP contribution is 2.37. The largest absolute Gasteiger partial charge is 0.337 e. The number of amides is 1. The van der Waals surface area contributed by atoms with Gasteiger partial charge in [0, 0.05) is 24.0 Å². The van der Waals surface area contributed by atoms with Crippen molar-refractivity contribution in [1.82, 2.24) is 4.90 Å². The van der Waals surface area contributed by atoms with Crippen molar-refractivity contribution in [2.45, 2.75) is 44.6 Å². The Morgan fingerprint density at radius 3 is 2.95 bits per heavy atom. The molecule has 0 bridgehead atoms. The van der Waals surface area contributed by atoms with E-state index in [1.807, 2.05) is 0 Å². The summed E-state index contributed by atoms with van der Waals surface area (Å²) in [6, 6.07) is 2.51. The third-order valence-electron chi connectivity index (χ3n) is 5.33. The van der Waals surface area contributed by atoms with Crippen LogP contribution in [0.4, 0.5) is 0 Å². The Morgan fingerprint density at radius 2 is 2.10 bits per heavy atom. The van der Waals surface area contributed by atoms with Crippen molar-refractivity contribution in [3.05, 3.63) is 21.4 Å². The highest BCUT2D eigenvalue weighted by atomic mass is 32.1. The summed E-state index contributed by atoms with van der Waals surface area (Å²) in [5, 5.41) is 0. The van der Waals surface area contributed by atoms with Crippen LogP contribution >= 0.6 is 11.3 Å². The Balaban J connectivity index is 1.49. The van der Waals surface area contributed by atoms with E-state index in [1.165, 1.54) is 36.1 Å². The van der Waals surface area contributed by atoms with Gasteiger partial charge < -0.3 is 10.6 Å². The van der Waals surface area contributed by atoms with Gasteiger partial charge in [0.2, 0.25) is 0 Å². The van der Waals surface area contributed by atoms with Gasteiger partial charge in [0.15, 0.2) is 0 Å². The monoisotopic (exact) mass is 290 g/mol. The average Bonchev–Trinajstić information content (AvgIpc) is 3.10. The Morgan fingerprint density at radius 1 is 1.25 bits per heavy atom. The first kappa shape index (κ1) is 12.8. The van der Waals surface area contributed by atoms with Crippen molar-refractivity contribution in [2.75, 3.05) is 13.1 Å². The van der Waals surface area contributed by atoms with Crippen molar-refractivity contribution in [3.8, 4) is 0 Å². The number of aryl methyl sites for hydroxylation is 2. The van der Waals surface area contributed by atoms with Crippen LogP contribution < -0.4 is 5.73 Å². The molecule has 108 valence electrons. The SMILES string of the molecule is NC1CC[C@@H]2CN(C(=O)c3cc4c(s3)CCC4)C[C@@H]2C1. The molecule has 2 aliphatic carbocycles. The second-order valence-corrected chi connectivity index (χ2v) is 7.85. The van der Waals surface area contributed by atoms with E-state index >= 15 is 0 Å². The number of thiophene rings is 1. The molecule has 1 amide bonds. The second kappa shape index (κ2) is 4.85. The molecule has 3 aliphatic rings. The van der Waals surface area contributed by atoms with E-state index in [4.69, 9.17) is 5.73 Å². The maximum atomic E-state index is 12.7.